The van der Waals surface area contributed by atoms with Crippen molar-refractivity contribution in [3.63, 3.8) is 0 Å². The fourth-order valence-electron chi connectivity index (χ4n) is 2.50. The summed E-state index contributed by atoms with van der Waals surface area (Å²) in [5, 5.41) is 5.77. The molecule has 3 aromatic rings. The molecule has 33 heavy (non-hydrogen) atoms. The smallest absolute Gasteiger partial charge is 0.416 e. The molecular weight excluding hydrogens is 460 g/mol. The minimum atomic E-state index is -4.54. The number of carbonyl (C=O) groups is 2. The molecule has 0 saturated heterocycles. The number of halogens is 6. The maximum atomic E-state index is 12.6. The first kappa shape index (κ1) is 23.8. The molecule has 0 bridgehead atoms. The molecule has 1 heterocycles. The van der Waals surface area contributed by atoms with Gasteiger partial charge in [0.1, 0.15) is 6.54 Å². The molecule has 7 nitrogen and oxygen atoms in total. The van der Waals surface area contributed by atoms with Crippen molar-refractivity contribution in [2.75, 3.05) is 6.54 Å². The minimum absolute atomic E-state index is 0.0228. The van der Waals surface area contributed by atoms with Crippen molar-refractivity contribution in [1.29, 1.82) is 0 Å². The van der Waals surface area contributed by atoms with Gasteiger partial charge in [0, 0.05) is 11.1 Å². The van der Waals surface area contributed by atoms with Crippen LogP contribution in [0.3, 0.4) is 0 Å². The zero-order valence-electron chi connectivity index (χ0n) is 16.3. The molecular formula is C20H13F6N3O4. The summed E-state index contributed by atoms with van der Waals surface area (Å²) in [6.07, 6.45) is -9.03. The van der Waals surface area contributed by atoms with Gasteiger partial charge in [-0.2, -0.15) is 31.3 Å². The van der Waals surface area contributed by atoms with E-state index < -0.39 is 48.5 Å². The molecule has 0 aliphatic rings. The number of amides is 1. The van der Waals surface area contributed by atoms with Gasteiger partial charge in [-0.1, -0.05) is 17.3 Å². The second-order valence-electron chi connectivity index (χ2n) is 6.51. The number of alkyl halides is 6. The average molecular weight is 473 g/mol. The molecule has 0 fully saturated rings. The number of rotatable bonds is 6. The number of nitrogens with one attached hydrogen (secondary N) is 1. The Morgan fingerprint density at radius 1 is 0.879 bits per heavy atom. The van der Waals surface area contributed by atoms with Crippen LogP contribution in [0.4, 0.5) is 26.3 Å². The number of hydrogen-bond acceptors (Lipinski definition) is 6. The number of aromatic nitrogens is 2. The Labute approximate surface area is 181 Å². The van der Waals surface area contributed by atoms with Gasteiger partial charge in [0.05, 0.1) is 11.1 Å². The van der Waals surface area contributed by atoms with Crippen LogP contribution in [0.5, 0.6) is 0 Å². The molecule has 0 spiro atoms. The second-order valence-corrected chi connectivity index (χ2v) is 6.51. The number of esters is 1. The number of benzene rings is 2. The van der Waals surface area contributed by atoms with E-state index in [1.807, 2.05) is 0 Å². The number of nitrogens with zero attached hydrogens (tertiary/aromatic N) is 2. The summed E-state index contributed by atoms with van der Waals surface area (Å²) < 4.78 is 85.1. The second kappa shape index (κ2) is 9.30. The Bertz CT molecular complexity index is 1120. The largest absolute Gasteiger partial charge is 0.454 e. The van der Waals surface area contributed by atoms with E-state index in [0.717, 1.165) is 48.5 Å². The summed E-state index contributed by atoms with van der Waals surface area (Å²) in [7, 11) is 0. The van der Waals surface area contributed by atoms with E-state index in [-0.39, 0.29) is 22.8 Å². The number of ether oxygens (including phenoxy) is 1. The van der Waals surface area contributed by atoms with Gasteiger partial charge in [-0.15, -0.1) is 0 Å². The molecule has 0 atom stereocenters. The Morgan fingerprint density at radius 2 is 1.42 bits per heavy atom. The Kier molecular flexibility index (Phi) is 6.70. The lowest BCUT2D eigenvalue weighted by atomic mass is 10.1. The minimum Gasteiger partial charge on any atom is -0.454 e. The molecule has 0 unspecified atom stereocenters. The van der Waals surface area contributed by atoms with Crippen LogP contribution in [0.1, 0.15) is 27.4 Å². The highest BCUT2D eigenvalue weighted by Gasteiger charge is 2.31. The van der Waals surface area contributed by atoms with Crippen molar-refractivity contribution in [2.24, 2.45) is 0 Å². The first-order valence-corrected chi connectivity index (χ1v) is 9.05. The highest BCUT2D eigenvalue weighted by atomic mass is 19.4. The lowest BCUT2D eigenvalue weighted by Gasteiger charge is -2.08. The van der Waals surface area contributed by atoms with E-state index in [2.05, 4.69) is 15.5 Å². The fourth-order valence-corrected chi connectivity index (χ4v) is 2.50. The fraction of sp³-hybridized carbons (Fsp3) is 0.200. The van der Waals surface area contributed by atoms with Crippen LogP contribution in [-0.2, 0) is 28.5 Å². The summed E-state index contributed by atoms with van der Waals surface area (Å²) in [6, 6.07) is 7.40. The zero-order valence-corrected chi connectivity index (χ0v) is 16.3. The molecule has 13 heteroatoms. The van der Waals surface area contributed by atoms with Gasteiger partial charge in [-0.05, 0) is 36.4 Å². The van der Waals surface area contributed by atoms with E-state index in [1.54, 1.807) is 0 Å². The summed E-state index contributed by atoms with van der Waals surface area (Å²) in [4.78, 5) is 27.6. The van der Waals surface area contributed by atoms with E-state index in [4.69, 9.17) is 9.26 Å². The van der Waals surface area contributed by atoms with Gasteiger partial charge in [-0.25, -0.2) is 0 Å². The van der Waals surface area contributed by atoms with Crippen LogP contribution in [0.25, 0.3) is 11.4 Å². The summed E-state index contributed by atoms with van der Waals surface area (Å²) in [5.41, 5.74) is -1.61. The predicted molar refractivity (Wildman–Crippen MR) is 98.3 cm³/mol. The first-order chi connectivity index (χ1) is 15.4. The maximum absolute atomic E-state index is 12.6. The van der Waals surface area contributed by atoms with Crippen LogP contribution in [0.15, 0.2) is 53.1 Å². The van der Waals surface area contributed by atoms with E-state index in [1.165, 1.54) is 0 Å². The Hall–Kier alpha value is -3.90. The number of hydrogen-bond donors (Lipinski definition) is 1. The monoisotopic (exact) mass is 473 g/mol. The number of carbonyl (C=O) groups excluding carboxylic acids is 2. The molecule has 3 rings (SSSR count). The molecule has 174 valence electrons. The maximum Gasteiger partial charge on any atom is 0.416 e. The van der Waals surface area contributed by atoms with Gasteiger partial charge in [0.25, 0.3) is 11.8 Å². The Morgan fingerprint density at radius 3 is 1.97 bits per heavy atom. The first-order valence-electron chi connectivity index (χ1n) is 9.05. The van der Waals surface area contributed by atoms with E-state index >= 15 is 0 Å². The molecule has 1 N–H and O–H groups in total. The average Bonchev–Trinajstić information content (AvgIpc) is 3.24. The van der Waals surface area contributed by atoms with E-state index in [0.29, 0.717) is 0 Å². The normalized spacial score (nSPS) is 11.8. The molecule has 0 aliphatic heterocycles. The Balaban J connectivity index is 1.48. The lowest BCUT2D eigenvalue weighted by Crippen LogP contribution is -2.30. The van der Waals surface area contributed by atoms with Crippen LogP contribution >= 0.6 is 0 Å². The molecule has 2 aromatic carbocycles. The topological polar surface area (TPSA) is 94.3 Å². The third kappa shape index (κ3) is 6.30. The summed E-state index contributed by atoms with van der Waals surface area (Å²) in [5.74, 6) is -1.86. The standard InChI is InChI=1S/C20H13F6N3O4/c21-19(22,23)13-5-1-11(2-6-13)17-28-15(33-29-17)10-32-16(30)9-27-18(31)12-3-7-14(8-4-12)20(24,25)26/h1-8H,9-10H2,(H,27,31). The predicted octanol–water partition coefficient (Wildman–Crippen LogP) is 4.25. The van der Waals surface area contributed by atoms with Crippen molar-refractivity contribution in [3.05, 3.63) is 71.1 Å². The van der Waals surface area contributed by atoms with Gasteiger partial charge in [-0.3, -0.25) is 9.59 Å². The van der Waals surface area contributed by atoms with Crippen LogP contribution in [0.2, 0.25) is 0 Å². The molecule has 1 amide bonds. The zero-order chi connectivity index (χ0) is 24.2. The summed E-state index contributed by atoms with van der Waals surface area (Å²) in [6.45, 7) is -1.05. The van der Waals surface area contributed by atoms with Gasteiger partial charge in [0.15, 0.2) is 6.61 Å². The third-order valence-corrected chi connectivity index (χ3v) is 4.16. The van der Waals surface area contributed by atoms with Crippen molar-refractivity contribution in [3.8, 4) is 11.4 Å². The van der Waals surface area contributed by atoms with Crippen molar-refractivity contribution >= 4 is 11.9 Å². The quantitative estimate of drug-likeness (QED) is 0.425. The van der Waals surface area contributed by atoms with Gasteiger partial charge >= 0.3 is 18.3 Å². The molecule has 0 radical (unpaired) electrons. The SMILES string of the molecule is O=C(CNC(=O)c1ccc(C(F)(F)F)cc1)OCc1nc(-c2ccc(C(F)(F)F)cc2)no1. The van der Waals surface area contributed by atoms with Gasteiger partial charge in [0.2, 0.25) is 5.82 Å². The summed E-state index contributed by atoms with van der Waals surface area (Å²) >= 11 is 0. The van der Waals surface area contributed by atoms with Crippen LogP contribution in [0, 0.1) is 0 Å². The van der Waals surface area contributed by atoms with Crippen LogP contribution < -0.4 is 5.32 Å². The highest BCUT2D eigenvalue weighted by molar-refractivity contribution is 5.95. The highest BCUT2D eigenvalue weighted by Crippen LogP contribution is 2.30. The molecule has 1 aromatic heterocycles. The van der Waals surface area contributed by atoms with Crippen molar-refractivity contribution < 1.29 is 45.2 Å². The van der Waals surface area contributed by atoms with Crippen molar-refractivity contribution in [1.82, 2.24) is 15.5 Å². The lowest BCUT2D eigenvalue weighted by molar-refractivity contribution is -0.144. The third-order valence-electron chi connectivity index (χ3n) is 4.16. The van der Waals surface area contributed by atoms with E-state index in [9.17, 15) is 35.9 Å². The van der Waals surface area contributed by atoms with Crippen LogP contribution in [-0.4, -0.2) is 28.6 Å². The van der Waals surface area contributed by atoms with Gasteiger partial charge < -0.3 is 14.6 Å². The molecule has 0 saturated carbocycles. The molecule has 0 aliphatic carbocycles. The van der Waals surface area contributed by atoms with Crippen molar-refractivity contribution in [2.45, 2.75) is 19.0 Å².